The fourth-order valence-corrected chi connectivity index (χ4v) is 4.02. The van der Waals surface area contributed by atoms with Crippen molar-refractivity contribution in [3.05, 3.63) is 59.4 Å². The van der Waals surface area contributed by atoms with Gasteiger partial charge in [-0.3, -0.25) is 0 Å². The number of nitrogens with two attached hydrogens (primary N) is 1. The van der Waals surface area contributed by atoms with Crippen molar-refractivity contribution in [1.29, 1.82) is 0 Å². The number of primary amides is 1. The van der Waals surface area contributed by atoms with Gasteiger partial charge in [-0.1, -0.05) is 37.3 Å². The van der Waals surface area contributed by atoms with Crippen LogP contribution in [0.25, 0.3) is 5.65 Å². The van der Waals surface area contributed by atoms with Crippen LogP contribution >= 0.6 is 0 Å². The molecular weight excluding hydrogens is 466 g/mol. The molecule has 1 saturated heterocycles. The van der Waals surface area contributed by atoms with Crippen LogP contribution in [0.5, 0.6) is 0 Å². The number of halogens is 6. The van der Waals surface area contributed by atoms with E-state index >= 15 is 0 Å². The Morgan fingerprint density at radius 3 is 2.24 bits per heavy atom. The molecule has 3 aromatic rings. The van der Waals surface area contributed by atoms with Gasteiger partial charge in [-0.25, -0.2) is 9.78 Å². The largest absolute Gasteiger partial charge is 0.435 e. The topological polar surface area (TPSA) is 88.6 Å². The molecule has 13 heteroatoms. The monoisotopic (exact) mass is 486 g/mol. The maximum absolute atomic E-state index is 13.4. The minimum Gasteiger partial charge on any atom is -0.369 e. The molecule has 1 aliphatic rings. The Morgan fingerprint density at radius 2 is 1.68 bits per heavy atom. The van der Waals surface area contributed by atoms with E-state index in [0.29, 0.717) is 29.7 Å². The summed E-state index contributed by atoms with van der Waals surface area (Å²) in [5, 5.41) is 6.28. The van der Waals surface area contributed by atoms with Crippen LogP contribution in [-0.2, 0) is 17.8 Å². The molecule has 0 radical (unpaired) electrons. The summed E-state index contributed by atoms with van der Waals surface area (Å²) in [6, 6.07) is 9.59. The van der Waals surface area contributed by atoms with E-state index < -0.39 is 40.8 Å². The van der Waals surface area contributed by atoms with Crippen molar-refractivity contribution in [3.8, 4) is 0 Å². The number of nitrogens with one attached hydrogen (secondary N) is 1. The number of nitrogens with zero attached hydrogens (tertiary/aromatic N) is 4. The molecule has 1 atom stereocenters. The highest BCUT2D eigenvalue weighted by Gasteiger charge is 2.44. The maximum Gasteiger partial charge on any atom is 0.435 e. The van der Waals surface area contributed by atoms with Gasteiger partial charge >= 0.3 is 18.4 Å². The van der Waals surface area contributed by atoms with Gasteiger partial charge in [0.1, 0.15) is 5.82 Å². The first-order valence-corrected chi connectivity index (χ1v) is 10.2. The smallest absolute Gasteiger partial charge is 0.369 e. The molecular formula is C21H20F6N6O. The third-order valence-electron chi connectivity index (χ3n) is 6.17. The zero-order valence-electron chi connectivity index (χ0n) is 17.8. The molecule has 0 saturated carbocycles. The summed E-state index contributed by atoms with van der Waals surface area (Å²) >= 11 is 0. The summed E-state index contributed by atoms with van der Waals surface area (Å²) in [4.78, 5) is 16.2. The van der Waals surface area contributed by atoms with Crippen molar-refractivity contribution in [2.75, 3.05) is 25.0 Å². The highest BCUT2D eigenvalue weighted by molar-refractivity contribution is 5.73. The Balaban J connectivity index is 1.72. The van der Waals surface area contributed by atoms with Gasteiger partial charge < -0.3 is 16.0 Å². The summed E-state index contributed by atoms with van der Waals surface area (Å²) in [6.45, 7) is 2.58. The van der Waals surface area contributed by atoms with E-state index in [-0.39, 0.29) is 18.3 Å². The molecule has 1 fully saturated rings. The number of anilines is 1. The zero-order valence-corrected chi connectivity index (χ0v) is 17.8. The van der Waals surface area contributed by atoms with E-state index in [9.17, 15) is 31.1 Å². The minimum absolute atomic E-state index is 0.0475. The van der Waals surface area contributed by atoms with E-state index in [0.717, 1.165) is 5.56 Å². The molecule has 4 rings (SSSR count). The number of amides is 2. The predicted molar refractivity (Wildman–Crippen MR) is 110 cm³/mol. The fourth-order valence-electron chi connectivity index (χ4n) is 4.02. The lowest BCUT2D eigenvalue weighted by atomic mass is 9.68. The molecule has 7 nitrogen and oxygen atoms in total. The lowest BCUT2D eigenvalue weighted by Crippen LogP contribution is -2.60. The summed E-state index contributed by atoms with van der Waals surface area (Å²) in [6.07, 6.45) is -9.73. The first-order chi connectivity index (χ1) is 15.8. The Kier molecular flexibility index (Phi) is 5.61. The molecule has 1 aliphatic heterocycles. The van der Waals surface area contributed by atoms with E-state index in [1.165, 1.54) is 4.90 Å². The van der Waals surface area contributed by atoms with Crippen molar-refractivity contribution in [2.45, 2.75) is 24.7 Å². The molecule has 0 unspecified atom stereocenters. The second-order valence-corrected chi connectivity index (χ2v) is 8.40. The third-order valence-corrected chi connectivity index (χ3v) is 6.17. The molecule has 3 N–H and O–H groups in total. The number of aromatic nitrogens is 3. The summed E-state index contributed by atoms with van der Waals surface area (Å²) in [5.41, 5.74) is 2.18. The van der Waals surface area contributed by atoms with Gasteiger partial charge in [-0.15, -0.1) is 0 Å². The Morgan fingerprint density at radius 1 is 1.06 bits per heavy atom. The second-order valence-electron chi connectivity index (χ2n) is 8.40. The number of rotatable bonds is 5. The molecule has 182 valence electrons. The van der Waals surface area contributed by atoms with E-state index in [1.807, 2.05) is 19.1 Å². The number of hydrogen-bond donors (Lipinski definition) is 2. The van der Waals surface area contributed by atoms with Crippen molar-refractivity contribution >= 4 is 17.5 Å². The summed E-state index contributed by atoms with van der Waals surface area (Å²) < 4.78 is 80.4. The Labute approximate surface area is 189 Å². The molecule has 0 bridgehead atoms. The average molecular weight is 486 g/mol. The van der Waals surface area contributed by atoms with Crippen molar-refractivity contribution in [3.63, 3.8) is 0 Å². The fraction of sp³-hybridized carbons (Fsp3) is 0.381. The van der Waals surface area contributed by atoms with E-state index in [1.54, 1.807) is 18.2 Å². The number of urea groups is 1. The SMILES string of the molecule is C[C@@](CNc1cc(C(F)(F)F)nc2cc(C(F)(F)F)nn12)(c1ccccc1)C1CN(C(N)=O)C1. The normalized spacial score (nSPS) is 16.9. The molecule has 2 aromatic heterocycles. The molecule has 1 aromatic carbocycles. The van der Waals surface area contributed by atoms with Crippen molar-refractivity contribution in [2.24, 2.45) is 11.7 Å². The number of benzene rings is 1. The first-order valence-electron chi connectivity index (χ1n) is 10.2. The Hall–Kier alpha value is -3.51. The maximum atomic E-state index is 13.4. The standard InChI is InChI=1S/C21H20F6N6O/c1-19(12-5-3-2-4-6-12,13-9-32(10-13)18(28)34)11-29-16-7-14(20(22,23)24)30-17-8-15(21(25,26)27)31-33(16)17/h2-8,13,29H,9-11H2,1H3,(H2,28,34)/t19-/m1/s1. The van der Waals surface area contributed by atoms with Gasteiger partial charge in [0.2, 0.25) is 0 Å². The van der Waals surface area contributed by atoms with Gasteiger partial charge in [0.25, 0.3) is 0 Å². The van der Waals surface area contributed by atoms with Crippen molar-refractivity contribution in [1.82, 2.24) is 19.5 Å². The van der Waals surface area contributed by atoms with Crippen LogP contribution in [0.4, 0.5) is 37.0 Å². The number of likely N-dealkylation sites (tertiary alicyclic amines) is 1. The quantitative estimate of drug-likeness (QED) is 0.531. The van der Waals surface area contributed by atoms with Crippen LogP contribution in [0.2, 0.25) is 0 Å². The third kappa shape index (κ3) is 4.33. The minimum atomic E-state index is -4.88. The second kappa shape index (κ2) is 8.06. The first kappa shape index (κ1) is 23.6. The molecule has 3 heterocycles. The van der Waals surface area contributed by atoms with E-state index in [4.69, 9.17) is 5.73 Å². The number of carbonyl (C=O) groups is 1. The number of hydrogen-bond acceptors (Lipinski definition) is 4. The van der Waals surface area contributed by atoms with Gasteiger partial charge in [-0.2, -0.15) is 36.0 Å². The lowest BCUT2D eigenvalue weighted by molar-refractivity contribution is -0.142. The van der Waals surface area contributed by atoms with Crippen LogP contribution in [0.15, 0.2) is 42.5 Å². The van der Waals surface area contributed by atoms with Crippen molar-refractivity contribution < 1.29 is 31.1 Å². The predicted octanol–water partition coefficient (Wildman–Crippen LogP) is 4.15. The molecule has 34 heavy (non-hydrogen) atoms. The molecule has 0 spiro atoms. The molecule has 2 amide bonds. The number of fused-ring (bicyclic) bond motifs is 1. The van der Waals surface area contributed by atoms with Crippen LogP contribution in [0.3, 0.4) is 0 Å². The number of alkyl halides is 6. The Bertz CT molecular complexity index is 1200. The van der Waals surface area contributed by atoms with Gasteiger partial charge in [0.05, 0.1) is 0 Å². The molecule has 0 aliphatic carbocycles. The van der Waals surface area contributed by atoms with Crippen LogP contribution in [0, 0.1) is 5.92 Å². The van der Waals surface area contributed by atoms with Gasteiger partial charge in [-0.05, 0) is 5.56 Å². The highest BCUT2D eigenvalue weighted by atomic mass is 19.4. The van der Waals surface area contributed by atoms with E-state index in [2.05, 4.69) is 15.4 Å². The van der Waals surface area contributed by atoms with Crippen LogP contribution < -0.4 is 11.1 Å². The summed E-state index contributed by atoms with van der Waals surface area (Å²) in [5.74, 6) is -0.390. The zero-order chi connectivity index (χ0) is 24.9. The van der Waals surface area contributed by atoms with Crippen LogP contribution in [0.1, 0.15) is 23.9 Å². The van der Waals surface area contributed by atoms with Gasteiger partial charge in [0.15, 0.2) is 17.0 Å². The number of carbonyl (C=O) groups excluding carboxylic acids is 1. The lowest BCUT2D eigenvalue weighted by Gasteiger charge is -2.49. The van der Waals surface area contributed by atoms with Crippen LogP contribution in [-0.4, -0.2) is 45.2 Å². The van der Waals surface area contributed by atoms with Gasteiger partial charge in [0, 0.05) is 43.1 Å². The highest BCUT2D eigenvalue weighted by Crippen LogP contribution is 2.39. The summed E-state index contributed by atoms with van der Waals surface area (Å²) in [7, 11) is 0. The average Bonchev–Trinajstić information content (AvgIpc) is 3.15.